The van der Waals surface area contributed by atoms with Gasteiger partial charge in [0.15, 0.2) is 0 Å². The number of carbonyl (C=O) groups excluding carboxylic acids is 2. The molecule has 2 fully saturated rings. The summed E-state index contributed by atoms with van der Waals surface area (Å²) >= 11 is 13.1. The summed E-state index contributed by atoms with van der Waals surface area (Å²) in [7, 11) is 3.25. The monoisotopic (exact) mass is 654 g/mol. The van der Waals surface area contributed by atoms with Gasteiger partial charge in [-0.25, -0.2) is 0 Å². The third kappa shape index (κ3) is 5.25. The van der Waals surface area contributed by atoms with E-state index in [-0.39, 0.29) is 23.9 Å². The van der Waals surface area contributed by atoms with Crippen molar-refractivity contribution in [1.82, 2.24) is 4.90 Å². The number of amidine groups is 1. The van der Waals surface area contributed by atoms with Crippen LogP contribution in [-0.2, 0) is 16.1 Å². The summed E-state index contributed by atoms with van der Waals surface area (Å²) in [5, 5.41) is -1.26. The maximum Gasteiger partial charge on any atom is 0.248 e. The Morgan fingerprint density at radius 3 is 1.78 bits per heavy atom. The van der Waals surface area contributed by atoms with Gasteiger partial charge in [0.05, 0.1) is 32.8 Å². The normalized spacial score (nSPS) is 22.3. The molecule has 10 heteroatoms. The van der Waals surface area contributed by atoms with E-state index in [0.29, 0.717) is 13.1 Å². The predicted octanol–water partition coefficient (Wildman–Crippen LogP) is 6.36. The van der Waals surface area contributed by atoms with E-state index >= 15 is 0 Å². The van der Waals surface area contributed by atoms with Crippen LogP contribution in [0.4, 0.5) is 11.4 Å². The van der Waals surface area contributed by atoms with Crippen LogP contribution in [-0.4, -0.2) is 60.6 Å². The van der Waals surface area contributed by atoms with E-state index in [2.05, 4.69) is 11.0 Å². The molecule has 7 rings (SSSR count). The molecule has 3 heterocycles. The molecular weight excluding hydrogens is 623 g/mol. The highest BCUT2D eigenvalue weighted by Gasteiger charge is 2.49. The lowest BCUT2D eigenvalue weighted by Gasteiger charge is -2.44. The van der Waals surface area contributed by atoms with Gasteiger partial charge in [-0.2, -0.15) is 0 Å². The Hall–Kier alpha value is -4.53. The number of anilines is 2. The summed E-state index contributed by atoms with van der Waals surface area (Å²) in [4.78, 5) is 36.5. The molecule has 0 aliphatic carbocycles. The van der Waals surface area contributed by atoms with Crippen molar-refractivity contribution in [3.8, 4) is 11.5 Å². The number of nitrogens with zero attached hydrogens (tertiary/aromatic N) is 4. The lowest BCUT2D eigenvalue weighted by atomic mass is 9.92. The Bertz CT molecular complexity index is 1810. The number of carbonyl (C=O) groups is 2. The molecule has 46 heavy (non-hydrogen) atoms. The topological polar surface area (TPSA) is 74.7 Å². The highest BCUT2D eigenvalue weighted by Crippen LogP contribution is 2.44. The Balaban J connectivity index is 1.10. The van der Waals surface area contributed by atoms with Gasteiger partial charge in [0, 0.05) is 30.0 Å². The molecule has 0 aromatic heterocycles. The minimum Gasteiger partial charge on any atom is -0.497 e. The van der Waals surface area contributed by atoms with Crippen LogP contribution in [0.25, 0.3) is 0 Å². The first-order valence-corrected chi connectivity index (χ1v) is 16.0. The molecule has 4 atom stereocenters. The highest BCUT2D eigenvalue weighted by atomic mass is 35.5. The second-order valence-electron chi connectivity index (χ2n) is 11.5. The van der Waals surface area contributed by atoms with Crippen LogP contribution >= 0.6 is 23.2 Å². The van der Waals surface area contributed by atoms with Crippen LogP contribution in [0.1, 0.15) is 34.3 Å². The second kappa shape index (κ2) is 12.3. The third-order valence-electron chi connectivity index (χ3n) is 8.85. The summed E-state index contributed by atoms with van der Waals surface area (Å²) < 4.78 is 10.6. The van der Waals surface area contributed by atoms with Gasteiger partial charge in [-0.15, -0.1) is 23.2 Å². The molecule has 0 bridgehead atoms. The third-order valence-corrected chi connectivity index (χ3v) is 9.70. The average molecular weight is 656 g/mol. The zero-order chi connectivity index (χ0) is 31.9. The highest BCUT2D eigenvalue weighted by molar-refractivity contribution is 6.38. The number of benzene rings is 4. The quantitative estimate of drug-likeness (QED) is 0.155. The first-order valence-electron chi connectivity index (χ1n) is 15.1. The number of rotatable bonds is 9. The van der Waals surface area contributed by atoms with Crippen molar-refractivity contribution in [2.75, 3.05) is 37.1 Å². The van der Waals surface area contributed by atoms with Crippen molar-refractivity contribution in [3.05, 3.63) is 119 Å². The van der Waals surface area contributed by atoms with Gasteiger partial charge in [-0.1, -0.05) is 48.5 Å². The Labute approximate surface area is 277 Å². The van der Waals surface area contributed by atoms with E-state index in [4.69, 9.17) is 37.7 Å². The molecule has 0 N–H and O–H groups in total. The van der Waals surface area contributed by atoms with Crippen molar-refractivity contribution in [3.63, 3.8) is 0 Å². The first kappa shape index (κ1) is 30.1. The van der Waals surface area contributed by atoms with Crippen molar-refractivity contribution in [1.29, 1.82) is 0 Å². The summed E-state index contributed by atoms with van der Waals surface area (Å²) in [6, 6.07) is 30.7. The molecule has 234 valence electrons. The molecule has 4 aromatic carbocycles. The number of alkyl halides is 2. The number of amides is 2. The average Bonchev–Trinajstić information content (AvgIpc) is 3.57. The smallest absolute Gasteiger partial charge is 0.248 e. The molecule has 0 spiro atoms. The number of hydrogen-bond donors (Lipinski definition) is 0. The second-order valence-corrected chi connectivity index (χ2v) is 12.4. The Morgan fingerprint density at radius 1 is 0.717 bits per heavy atom. The molecule has 0 radical (unpaired) electrons. The van der Waals surface area contributed by atoms with Crippen molar-refractivity contribution in [2.24, 2.45) is 4.99 Å². The molecule has 8 nitrogen and oxygen atoms in total. The molecule has 3 aliphatic rings. The number of halogens is 2. The van der Waals surface area contributed by atoms with Gasteiger partial charge >= 0.3 is 0 Å². The van der Waals surface area contributed by atoms with Crippen LogP contribution in [0.2, 0.25) is 0 Å². The number of ether oxygens (including phenoxy) is 2. The molecular formula is C36H32Cl2N4O4. The van der Waals surface area contributed by atoms with Gasteiger partial charge in [0.1, 0.15) is 28.1 Å². The van der Waals surface area contributed by atoms with Gasteiger partial charge in [0.2, 0.25) is 11.8 Å². The van der Waals surface area contributed by atoms with Gasteiger partial charge in [0.25, 0.3) is 0 Å². The van der Waals surface area contributed by atoms with Gasteiger partial charge in [-0.3, -0.25) is 14.6 Å². The fourth-order valence-electron chi connectivity index (χ4n) is 6.45. The molecule has 0 saturated carbocycles. The van der Waals surface area contributed by atoms with Gasteiger partial charge < -0.3 is 24.2 Å². The van der Waals surface area contributed by atoms with Gasteiger partial charge in [-0.05, 0) is 65.2 Å². The summed E-state index contributed by atoms with van der Waals surface area (Å²) in [5.74, 6) is 2.11. The van der Waals surface area contributed by atoms with Crippen LogP contribution in [0.3, 0.4) is 0 Å². The molecule has 2 amide bonds. The summed E-state index contributed by atoms with van der Waals surface area (Å²) in [6.45, 7) is 2.03. The Morgan fingerprint density at radius 2 is 1.24 bits per heavy atom. The maximum atomic E-state index is 13.0. The number of β-lactam (4-membered cyclic amide) rings is 2. The SMILES string of the molecule is COc1ccc(C2C(Cl)C(=O)N2c2cccc(CN3CCN=C3c3cccc(N4C(=O)C(Cl)C4c4ccc(OC)cc4)c3)c2)cc1. The van der Waals surface area contributed by atoms with E-state index in [1.807, 2.05) is 91.0 Å². The minimum atomic E-state index is -0.638. The standard InChI is InChI=1S/C36H32Cl2N4O4/c1-45-28-13-9-23(10-14-28)32-30(37)35(43)41(32)26-7-3-5-22(19-26)21-40-18-17-39-34(40)25-6-4-8-27(20-25)42-33(31(38)36(42)44)24-11-15-29(46-2)16-12-24/h3-16,19-20,30-33H,17-18,21H2,1-2H3. The van der Waals surface area contributed by atoms with Crippen LogP contribution < -0.4 is 19.3 Å². The van der Waals surface area contributed by atoms with E-state index in [9.17, 15) is 9.59 Å². The fourth-order valence-corrected chi connectivity index (χ4v) is 7.18. The summed E-state index contributed by atoms with van der Waals surface area (Å²) in [6.07, 6.45) is 0. The largest absolute Gasteiger partial charge is 0.497 e. The number of hydrogen-bond acceptors (Lipinski definition) is 6. The van der Waals surface area contributed by atoms with E-state index in [0.717, 1.165) is 57.5 Å². The minimum absolute atomic E-state index is 0.118. The molecule has 2 saturated heterocycles. The Kier molecular flexibility index (Phi) is 8.09. The van der Waals surface area contributed by atoms with Crippen molar-refractivity contribution in [2.45, 2.75) is 29.4 Å². The molecule has 4 aromatic rings. The zero-order valence-electron chi connectivity index (χ0n) is 25.3. The van der Waals surface area contributed by atoms with Crippen LogP contribution in [0, 0.1) is 0 Å². The maximum absolute atomic E-state index is 13.0. The number of methoxy groups -OCH3 is 2. The molecule has 4 unspecified atom stereocenters. The predicted molar refractivity (Wildman–Crippen MR) is 180 cm³/mol. The zero-order valence-corrected chi connectivity index (χ0v) is 26.9. The van der Waals surface area contributed by atoms with E-state index < -0.39 is 10.8 Å². The lowest BCUT2D eigenvalue weighted by Crippen LogP contribution is -2.56. The van der Waals surface area contributed by atoms with Crippen LogP contribution in [0.5, 0.6) is 11.5 Å². The van der Waals surface area contributed by atoms with E-state index in [1.165, 1.54) is 0 Å². The first-order chi connectivity index (χ1) is 22.4. The van der Waals surface area contributed by atoms with E-state index in [1.54, 1.807) is 24.0 Å². The fraction of sp³-hybridized carbons (Fsp3) is 0.250. The summed E-state index contributed by atoms with van der Waals surface area (Å²) in [5.41, 5.74) is 5.44. The number of aliphatic imine (C=N–C) groups is 1. The lowest BCUT2D eigenvalue weighted by molar-refractivity contribution is -0.124. The van der Waals surface area contributed by atoms with Crippen molar-refractivity contribution >= 4 is 52.2 Å². The molecule has 3 aliphatic heterocycles. The van der Waals surface area contributed by atoms with Crippen LogP contribution in [0.15, 0.2) is 102 Å². The van der Waals surface area contributed by atoms with Crippen molar-refractivity contribution < 1.29 is 19.1 Å².